The van der Waals surface area contributed by atoms with Crippen LogP contribution in [-0.2, 0) is 9.53 Å². The quantitative estimate of drug-likeness (QED) is 0.735. The lowest BCUT2D eigenvalue weighted by molar-refractivity contribution is -0.139. The number of furan rings is 1. The van der Waals surface area contributed by atoms with Gasteiger partial charge in [-0.15, -0.1) is 0 Å². The van der Waals surface area contributed by atoms with Crippen LogP contribution in [0, 0.1) is 0 Å². The van der Waals surface area contributed by atoms with Crippen molar-refractivity contribution in [2.45, 2.75) is 38.7 Å². The fraction of sp³-hybridized carbons (Fsp3) is 0.400. The Morgan fingerprint density at radius 1 is 1.08 bits per heavy atom. The van der Waals surface area contributed by atoms with E-state index in [0.29, 0.717) is 16.3 Å². The summed E-state index contributed by atoms with van der Waals surface area (Å²) >= 11 is 6.15. The standard InChI is InChI=1S/C20H22ClNO4/c1-14(19(23)22-12-6-2-3-7-13-22)25-20(24)18-11-10-17(26-18)15-8-4-5-9-16(15)21/h4-5,8-11,14H,2-3,6-7,12-13H2,1H3/t14-/m0/s1. The number of benzene rings is 1. The molecule has 1 fully saturated rings. The highest BCUT2D eigenvalue weighted by atomic mass is 35.5. The molecular formula is C20H22ClNO4. The second-order valence-corrected chi connectivity index (χ2v) is 6.84. The molecular weight excluding hydrogens is 354 g/mol. The Morgan fingerprint density at radius 2 is 1.77 bits per heavy atom. The van der Waals surface area contributed by atoms with E-state index < -0.39 is 12.1 Å². The van der Waals surface area contributed by atoms with Crippen LogP contribution in [0.1, 0.15) is 43.2 Å². The molecule has 2 aromatic rings. The number of ether oxygens (including phenoxy) is 1. The van der Waals surface area contributed by atoms with Gasteiger partial charge in [-0.2, -0.15) is 0 Å². The highest BCUT2D eigenvalue weighted by Gasteiger charge is 2.26. The zero-order chi connectivity index (χ0) is 18.5. The van der Waals surface area contributed by atoms with Gasteiger partial charge >= 0.3 is 5.97 Å². The number of nitrogens with zero attached hydrogens (tertiary/aromatic N) is 1. The molecule has 2 heterocycles. The molecule has 5 nitrogen and oxygen atoms in total. The molecule has 0 spiro atoms. The molecule has 1 atom stereocenters. The van der Waals surface area contributed by atoms with Crippen molar-refractivity contribution in [1.82, 2.24) is 4.90 Å². The molecule has 0 N–H and O–H groups in total. The van der Waals surface area contributed by atoms with Crippen molar-refractivity contribution in [1.29, 1.82) is 0 Å². The second kappa shape index (κ2) is 8.41. The first-order chi connectivity index (χ1) is 12.6. The Balaban J connectivity index is 1.64. The number of hydrogen-bond donors (Lipinski definition) is 0. The number of carbonyl (C=O) groups is 2. The minimum Gasteiger partial charge on any atom is -0.449 e. The summed E-state index contributed by atoms with van der Waals surface area (Å²) in [6, 6.07) is 10.4. The van der Waals surface area contributed by atoms with Crippen molar-refractivity contribution in [3.05, 3.63) is 47.2 Å². The van der Waals surface area contributed by atoms with Gasteiger partial charge in [0.2, 0.25) is 5.76 Å². The van der Waals surface area contributed by atoms with Gasteiger partial charge in [0.25, 0.3) is 5.91 Å². The lowest BCUT2D eigenvalue weighted by Crippen LogP contribution is -2.40. The Bertz CT molecular complexity index is 778. The second-order valence-electron chi connectivity index (χ2n) is 6.43. The number of halogens is 1. The van der Waals surface area contributed by atoms with Gasteiger partial charge < -0.3 is 14.1 Å². The van der Waals surface area contributed by atoms with Crippen molar-refractivity contribution < 1.29 is 18.7 Å². The molecule has 1 aliphatic rings. The summed E-state index contributed by atoms with van der Waals surface area (Å²) < 4.78 is 10.9. The third kappa shape index (κ3) is 4.28. The maximum absolute atomic E-state index is 12.5. The summed E-state index contributed by atoms with van der Waals surface area (Å²) in [7, 11) is 0. The molecule has 0 saturated carbocycles. The molecule has 3 rings (SSSR count). The van der Waals surface area contributed by atoms with E-state index in [4.69, 9.17) is 20.8 Å². The normalized spacial score (nSPS) is 16.0. The average molecular weight is 376 g/mol. The smallest absolute Gasteiger partial charge is 0.375 e. The average Bonchev–Trinajstić information content (AvgIpc) is 2.97. The van der Waals surface area contributed by atoms with Crippen LogP contribution in [0.25, 0.3) is 11.3 Å². The molecule has 1 aliphatic heterocycles. The Kier molecular flexibility index (Phi) is 5.99. The molecule has 6 heteroatoms. The molecule has 26 heavy (non-hydrogen) atoms. The van der Waals surface area contributed by atoms with Crippen LogP contribution in [0.2, 0.25) is 5.02 Å². The summed E-state index contributed by atoms with van der Waals surface area (Å²) in [4.78, 5) is 26.6. The number of hydrogen-bond acceptors (Lipinski definition) is 4. The van der Waals surface area contributed by atoms with E-state index in [-0.39, 0.29) is 11.7 Å². The largest absolute Gasteiger partial charge is 0.449 e. The summed E-state index contributed by atoms with van der Waals surface area (Å²) in [6.07, 6.45) is 3.41. The molecule has 0 aliphatic carbocycles. The first kappa shape index (κ1) is 18.5. The number of likely N-dealkylation sites (tertiary alicyclic amines) is 1. The minimum absolute atomic E-state index is 0.0513. The van der Waals surface area contributed by atoms with Gasteiger partial charge in [0.05, 0.1) is 5.02 Å². The van der Waals surface area contributed by atoms with Crippen LogP contribution in [0.4, 0.5) is 0 Å². The van der Waals surface area contributed by atoms with Crippen molar-refractivity contribution in [2.24, 2.45) is 0 Å². The lowest BCUT2D eigenvalue weighted by atomic mass is 10.2. The Labute approximate surface area is 157 Å². The van der Waals surface area contributed by atoms with E-state index >= 15 is 0 Å². The van der Waals surface area contributed by atoms with Crippen molar-refractivity contribution in [3.8, 4) is 11.3 Å². The van der Waals surface area contributed by atoms with E-state index in [9.17, 15) is 9.59 Å². The van der Waals surface area contributed by atoms with E-state index in [1.165, 1.54) is 6.07 Å². The molecule has 1 aromatic carbocycles. The molecule has 1 saturated heterocycles. The van der Waals surface area contributed by atoms with Crippen LogP contribution in [0.3, 0.4) is 0 Å². The van der Waals surface area contributed by atoms with E-state index in [1.54, 1.807) is 24.0 Å². The monoisotopic (exact) mass is 375 g/mol. The van der Waals surface area contributed by atoms with E-state index in [0.717, 1.165) is 38.8 Å². The first-order valence-electron chi connectivity index (χ1n) is 8.91. The molecule has 0 bridgehead atoms. The maximum atomic E-state index is 12.5. The van der Waals surface area contributed by atoms with Crippen LogP contribution >= 0.6 is 11.6 Å². The minimum atomic E-state index is -0.838. The van der Waals surface area contributed by atoms with Crippen molar-refractivity contribution >= 4 is 23.5 Å². The molecule has 138 valence electrons. The summed E-state index contributed by atoms with van der Waals surface area (Å²) in [5.41, 5.74) is 0.696. The Morgan fingerprint density at radius 3 is 2.46 bits per heavy atom. The molecule has 0 radical (unpaired) electrons. The fourth-order valence-corrected chi connectivity index (χ4v) is 3.30. The van der Waals surface area contributed by atoms with Crippen molar-refractivity contribution in [2.75, 3.05) is 13.1 Å². The van der Waals surface area contributed by atoms with Crippen LogP contribution in [0.15, 0.2) is 40.8 Å². The Hall–Kier alpha value is -2.27. The number of esters is 1. The van der Waals surface area contributed by atoms with Gasteiger partial charge in [0, 0.05) is 18.7 Å². The summed E-state index contributed by atoms with van der Waals surface area (Å²) in [5, 5.41) is 0.534. The van der Waals surface area contributed by atoms with Gasteiger partial charge in [0.15, 0.2) is 6.10 Å². The van der Waals surface area contributed by atoms with Gasteiger partial charge in [0.1, 0.15) is 5.76 Å². The number of amides is 1. The third-order valence-corrected chi connectivity index (χ3v) is 4.83. The number of carbonyl (C=O) groups excluding carboxylic acids is 2. The SMILES string of the molecule is C[C@H](OC(=O)c1ccc(-c2ccccc2Cl)o1)C(=O)N1CCCCCC1. The topological polar surface area (TPSA) is 59.8 Å². The zero-order valence-corrected chi connectivity index (χ0v) is 15.5. The van der Waals surface area contributed by atoms with Gasteiger partial charge in [-0.3, -0.25) is 4.79 Å². The summed E-state index contributed by atoms with van der Waals surface area (Å²) in [6.45, 7) is 3.04. The van der Waals surface area contributed by atoms with Crippen LogP contribution in [-0.4, -0.2) is 36.0 Å². The van der Waals surface area contributed by atoms with Crippen LogP contribution in [0.5, 0.6) is 0 Å². The molecule has 1 amide bonds. The first-order valence-corrected chi connectivity index (χ1v) is 9.28. The molecule has 0 unspecified atom stereocenters. The van der Waals surface area contributed by atoms with Crippen molar-refractivity contribution in [3.63, 3.8) is 0 Å². The fourth-order valence-electron chi connectivity index (χ4n) is 3.07. The van der Waals surface area contributed by atoms with Gasteiger partial charge in [-0.25, -0.2) is 4.79 Å². The predicted octanol–water partition coefficient (Wildman–Crippen LogP) is 4.55. The van der Waals surface area contributed by atoms with E-state index in [1.807, 2.05) is 18.2 Å². The third-order valence-electron chi connectivity index (χ3n) is 4.50. The lowest BCUT2D eigenvalue weighted by Gasteiger charge is -2.23. The summed E-state index contributed by atoms with van der Waals surface area (Å²) in [5.74, 6) is -0.276. The zero-order valence-electron chi connectivity index (χ0n) is 14.7. The van der Waals surface area contributed by atoms with Gasteiger partial charge in [-0.1, -0.05) is 36.6 Å². The maximum Gasteiger partial charge on any atom is 0.375 e. The molecule has 1 aromatic heterocycles. The highest BCUT2D eigenvalue weighted by molar-refractivity contribution is 6.33. The van der Waals surface area contributed by atoms with Crippen LogP contribution < -0.4 is 0 Å². The van der Waals surface area contributed by atoms with Gasteiger partial charge in [-0.05, 0) is 44.0 Å². The number of rotatable bonds is 4. The van der Waals surface area contributed by atoms with E-state index in [2.05, 4.69) is 0 Å². The highest BCUT2D eigenvalue weighted by Crippen LogP contribution is 2.29. The predicted molar refractivity (Wildman–Crippen MR) is 99.1 cm³/mol.